The first kappa shape index (κ1) is 15.6. The molecule has 0 bridgehead atoms. The van der Waals surface area contributed by atoms with Crippen molar-refractivity contribution < 1.29 is 14.3 Å². The maximum Gasteiger partial charge on any atom is 0.258 e. The third-order valence-electron chi connectivity index (χ3n) is 4.02. The minimum absolute atomic E-state index is 0.00361. The fourth-order valence-electron chi connectivity index (χ4n) is 2.97. The topological polar surface area (TPSA) is 64.8 Å². The Balaban J connectivity index is 2.29. The number of likely N-dealkylation sites (tertiary alicyclic amines) is 1. The number of carbonyl (C=O) groups excluding carboxylic acids is 1. The van der Waals surface area contributed by atoms with E-state index < -0.39 is 0 Å². The predicted octanol–water partition coefficient (Wildman–Crippen LogP) is 2.05. The first-order valence-corrected chi connectivity index (χ1v) is 7.45. The molecule has 0 aromatic heterocycles. The van der Waals surface area contributed by atoms with E-state index in [9.17, 15) is 4.79 Å². The first-order chi connectivity index (χ1) is 10.2. The van der Waals surface area contributed by atoms with Crippen molar-refractivity contribution >= 4 is 5.91 Å². The lowest BCUT2D eigenvalue weighted by Gasteiger charge is -2.36. The Morgan fingerprint density at radius 2 is 2.14 bits per heavy atom. The minimum atomic E-state index is 0.00361. The molecule has 2 N–H and O–H groups in total. The van der Waals surface area contributed by atoms with Crippen molar-refractivity contribution in [3.8, 4) is 11.5 Å². The highest BCUT2D eigenvalue weighted by molar-refractivity contribution is 5.98. The van der Waals surface area contributed by atoms with E-state index >= 15 is 0 Å². The van der Waals surface area contributed by atoms with E-state index in [0.29, 0.717) is 23.6 Å². The number of nitrogens with two attached hydrogens (primary N) is 1. The summed E-state index contributed by atoms with van der Waals surface area (Å²) in [5.41, 5.74) is 6.24. The van der Waals surface area contributed by atoms with Gasteiger partial charge in [0.2, 0.25) is 0 Å². The van der Waals surface area contributed by atoms with Gasteiger partial charge in [0.05, 0.1) is 19.8 Å². The van der Waals surface area contributed by atoms with E-state index in [2.05, 4.69) is 0 Å². The van der Waals surface area contributed by atoms with Gasteiger partial charge < -0.3 is 20.1 Å². The summed E-state index contributed by atoms with van der Waals surface area (Å²) in [6, 6.07) is 5.63. The van der Waals surface area contributed by atoms with Gasteiger partial charge in [0, 0.05) is 12.6 Å². The number of methoxy groups -OCH3 is 2. The quantitative estimate of drug-likeness (QED) is 0.902. The van der Waals surface area contributed by atoms with Crippen molar-refractivity contribution in [2.24, 2.45) is 5.73 Å². The van der Waals surface area contributed by atoms with Crippen molar-refractivity contribution in [1.82, 2.24) is 4.90 Å². The van der Waals surface area contributed by atoms with Crippen LogP contribution in [0.2, 0.25) is 0 Å². The molecule has 1 aromatic carbocycles. The average molecular weight is 292 g/mol. The lowest BCUT2D eigenvalue weighted by atomic mass is 9.98. The van der Waals surface area contributed by atoms with Crippen LogP contribution in [0.15, 0.2) is 18.2 Å². The molecule has 1 atom stereocenters. The standard InChI is InChI=1S/C16H24N2O3/c1-20-14-8-5-7-13(15(14)21-2)16(19)18-11-4-3-6-12(18)9-10-17/h5,7-8,12H,3-4,6,9-11,17H2,1-2H3. The molecule has 5 heteroatoms. The molecule has 21 heavy (non-hydrogen) atoms. The summed E-state index contributed by atoms with van der Waals surface area (Å²) in [6.07, 6.45) is 4.07. The summed E-state index contributed by atoms with van der Waals surface area (Å²) in [5.74, 6) is 1.08. The Bertz CT molecular complexity index is 488. The van der Waals surface area contributed by atoms with Crippen LogP contribution in [0, 0.1) is 0 Å². The molecule has 0 saturated carbocycles. The van der Waals surface area contributed by atoms with Crippen LogP contribution in [0.3, 0.4) is 0 Å². The zero-order chi connectivity index (χ0) is 15.2. The number of benzene rings is 1. The Morgan fingerprint density at radius 1 is 1.33 bits per heavy atom. The monoisotopic (exact) mass is 292 g/mol. The van der Waals surface area contributed by atoms with Crippen LogP contribution in [0.1, 0.15) is 36.0 Å². The molecule has 2 rings (SSSR count). The van der Waals surface area contributed by atoms with Crippen LogP contribution >= 0.6 is 0 Å². The number of nitrogens with zero attached hydrogens (tertiary/aromatic N) is 1. The Hall–Kier alpha value is -1.75. The van der Waals surface area contributed by atoms with Crippen molar-refractivity contribution in [3.63, 3.8) is 0 Å². The number of para-hydroxylation sites is 1. The molecular formula is C16H24N2O3. The van der Waals surface area contributed by atoms with Gasteiger partial charge in [-0.3, -0.25) is 4.79 Å². The minimum Gasteiger partial charge on any atom is -0.493 e. The van der Waals surface area contributed by atoms with Crippen LogP contribution in [-0.2, 0) is 0 Å². The van der Waals surface area contributed by atoms with Gasteiger partial charge in [-0.25, -0.2) is 0 Å². The van der Waals surface area contributed by atoms with Crippen LogP contribution in [-0.4, -0.2) is 44.2 Å². The molecule has 0 radical (unpaired) electrons. The summed E-state index contributed by atoms with van der Waals surface area (Å²) in [6.45, 7) is 1.38. The lowest BCUT2D eigenvalue weighted by molar-refractivity contribution is 0.0601. The number of carbonyl (C=O) groups is 1. The Labute approximate surface area is 126 Å². The predicted molar refractivity (Wildman–Crippen MR) is 81.9 cm³/mol. The molecule has 116 valence electrons. The maximum absolute atomic E-state index is 12.9. The summed E-state index contributed by atoms with van der Waals surface area (Å²) in [5, 5.41) is 0. The van der Waals surface area contributed by atoms with Crippen LogP contribution in [0.25, 0.3) is 0 Å². The molecule has 0 aliphatic carbocycles. The van der Waals surface area contributed by atoms with E-state index in [1.54, 1.807) is 26.4 Å². The van der Waals surface area contributed by atoms with E-state index in [-0.39, 0.29) is 11.9 Å². The summed E-state index contributed by atoms with van der Waals surface area (Å²) in [7, 11) is 3.13. The van der Waals surface area contributed by atoms with E-state index in [1.807, 2.05) is 11.0 Å². The van der Waals surface area contributed by atoms with Crippen molar-refractivity contribution in [1.29, 1.82) is 0 Å². The second kappa shape index (κ2) is 7.31. The third kappa shape index (κ3) is 3.29. The van der Waals surface area contributed by atoms with Crippen LogP contribution in [0.4, 0.5) is 0 Å². The van der Waals surface area contributed by atoms with Crippen LogP contribution < -0.4 is 15.2 Å². The molecule has 1 heterocycles. The zero-order valence-electron chi connectivity index (χ0n) is 12.8. The second-order valence-electron chi connectivity index (χ2n) is 5.27. The average Bonchev–Trinajstić information content (AvgIpc) is 2.54. The van der Waals surface area contributed by atoms with Crippen molar-refractivity contribution in [2.45, 2.75) is 31.7 Å². The van der Waals surface area contributed by atoms with Crippen LogP contribution in [0.5, 0.6) is 11.5 Å². The summed E-state index contributed by atoms with van der Waals surface area (Å²) < 4.78 is 10.7. The molecule has 1 saturated heterocycles. The fraction of sp³-hybridized carbons (Fsp3) is 0.562. The van der Waals surface area contributed by atoms with Gasteiger partial charge >= 0.3 is 0 Å². The summed E-state index contributed by atoms with van der Waals surface area (Å²) in [4.78, 5) is 14.8. The Morgan fingerprint density at radius 3 is 2.81 bits per heavy atom. The molecule has 1 aromatic rings. The largest absolute Gasteiger partial charge is 0.493 e. The maximum atomic E-state index is 12.9. The SMILES string of the molecule is COc1cccc(C(=O)N2CCCCC2CCN)c1OC. The molecule has 1 aliphatic heterocycles. The van der Waals surface area contributed by atoms with Gasteiger partial charge in [-0.15, -0.1) is 0 Å². The highest BCUT2D eigenvalue weighted by Crippen LogP contribution is 2.33. The van der Waals surface area contributed by atoms with E-state index in [4.69, 9.17) is 15.2 Å². The first-order valence-electron chi connectivity index (χ1n) is 7.45. The highest BCUT2D eigenvalue weighted by Gasteiger charge is 2.29. The highest BCUT2D eigenvalue weighted by atomic mass is 16.5. The number of amides is 1. The summed E-state index contributed by atoms with van der Waals surface area (Å²) >= 11 is 0. The van der Waals surface area contributed by atoms with Crippen molar-refractivity contribution in [2.75, 3.05) is 27.3 Å². The molecule has 1 aliphatic rings. The van der Waals surface area contributed by atoms with Gasteiger partial charge in [0.15, 0.2) is 11.5 Å². The molecule has 1 unspecified atom stereocenters. The van der Waals surface area contributed by atoms with E-state index in [0.717, 1.165) is 32.2 Å². The number of ether oxygens (including phenoxy) is 2. The zero-order valence-corrected chi connectivity index (χ0v) is 12.8. The van der Waals surface area contributed by atoms with Gasteiger partial charge in [-0.2, -0.15) is 0 Å². The van der Waals surface area contributed by atoms with Gasteiger partial charge in [0.1, 0.15) is 0 Å². The van der Waals surface area contributed by atoms with Gasteiger partial charge in [-0.1, -0.05) is 6.07 Å². The normalized spacial score (nSPS) is 18.4. The smallest absolute Gasteiger partial charge is 0.258 e. The molecule has 1 fully saturated rings. The molecule has 5 nitrogen and oxygen atoms in total. The Kier molecular flexibility index (Phi) is 5.44. The lowest BCUT2D eigenvalue weighted by Crippen LogP contribution is -2.44. The van der Waals surface area contributed by atoms with Crippen molar-refractivity contribution in [3.05, 3.63) is 23.8 Å². The third-order valence-corrected chi connectivity index (χ3v) is 4.02. The second-order valence-corrected chi connectivity index (χ2v) is 5.27. The fourth-order valence-corrected chi connectivity index (χ4v) is 2.97. The number of hydrogen-bond acceptors (Lipinski definition) is 4. The number of rotatable bonds is 5. The number of hydrogen-bond donors (Lipinski definition) is 1. The molecular weight excluding hydrogens is 268 g/mol. The van der Waals surface area contributed by atoms with Gasteiger partial charge in [0.25, 0.3) is 5.91 Å². The molecule has 1 amide bonds. The number of piperidine rings is 1. The van der Waals surface area contributed by atoms with E-state index in [1.165, 1.54) is 0 Å². The molecule has 0 spiro atoms. The van der Waals surface area contributed by atoms with Gasteiger partial charge in [-0.05, 0) is 44.4 Å².